The van der Waals surface area contributed by atoms with Gasteiger partial charge in [0.15, 0.2) is 0 Å². The molecule has 0 bridgehead atoms. The molecular formula is C14H11N3O5. The first-order valence-corrected chi connectivity index (χ1v) is 6.07. The molecule has 0 heterocycles. The normalized spacial score (nSPS) is 10.5. The molecular weight excluding hydrogens is 290 g/mol. The van der Waals surface area contributed by atoms with E-state index in [1.165, 1.54) is 18.3 Å². The standard InChI is InChI=1S/C14H11N3O5/c18-11-4-1-9(2-5-11)8-15-16-14(20)12-6-3-10(17(21)22)7-13(12)19/h1-8,18-19H,(H,16,20)/b15-8+. The molecule has 0 spiro atoms. The van der Waals surface area contributed by atoms with E-state index in [1.54, 1.807) is 12.1 Å². The second-order valence-electron chi connectivity index (χ2n) is 4.25. The molecule has 0 radical (unpaired) electrons. The van der Waals surface area contributed by atoms with Gasteiger partial charge < -0.3 is 10.2 Å². The predicted octanol–water partition coefficient (Wildman–Crippen LogP) is 1.77. The summed E-state index contributed by atoms with van der Waals surface area (Å²) in [6.45, 7) is 0. The molecule has 0 fully saturated rings. The van der Waals surface area contributed by atoms with Crippen LogP contribution in [0.2, 0.25) is 0 Å². The van der Waals surface area contributed by atoms with Gasteiger partial charge in [-0.05, 0) is 35.9 Å². The Balaban J connectivity index is 2.06. The number of aromatic hydroxyl groups is 2. The number of nitrogens with one attached hydrogen (secondary N) is 1. The highest BCUT2D eigenvalue weighted by Gasteiger charge is 2.15. The van der Waals surface area contributed by atoms with E-state index in [-0.39, 0.29) is 17.0 Å². The van der Waals surface area contributed by atoms with Gasteiger partial charge in [0.25, 0.3) is 11.6 Å². The number of nitrogens with zero attached hydrogens (tertiary/aromatic N) is 2. The highest BCUT2D eigenvalue weighted by molar-refractivity contribution is 5.97. The molecule has 0 atom stereocenters. The topological polar surface area (TPSA) is 125 Å². The molecule has 2 aromatic carbocycles. The van der Waals surface area contributed by atoms with Gasteiger partial charge in [0.2, 0.25) is 0 Å². The number of nitro benzene ring substituents is 1. The maximum atomic E-state index is 11.8. The summed E-state index contributed by atoms with van der Waals surface area (Å²) in [4.78, 5) is 21.7. The molecule has 8 nitrogen and oxygen atoms in total. The molecule has 22 heavy (non-hydrogen) atoms. The molecule has 0 aromatic heterocycles. The monoisotopic (exact) mass is 301 g/mol. The summed E-state index contributed by atoms with van der Waals surface area (Å²) in [7, 11) is 0. The lowest BCUT2D eigenvalue weighted by atomic mass is 10.2. The molecule has 3 N–H and O–H groups in total. The number of amides is 1. The third-order valence-electron chi connectivity index (χ3n) is 2.71. The number of non-ortho nitro benzene ring substituents is 1. The van der Waals surface area contributed by atoms with Crippen molar-refractivity contribution >= 4 is 17.8 Å². The Morgan fingerprint density at radius 3 is 2.45 bits per heavy atom. The number of phenols is 2. The van der Waals surface area contributed by atoms with E-state index >= 15 is 0 Å². The van der Waals surface area contributed by atoms with Gasteiger partial charge >= 0.3 is 0 Å². The van der Waals surface area contributed by atoms with Crippen molar-refractivity contribution in [3.05, 3.63) is 63.7 Å². The van der Waals surface area contributed by atoms with Crippen LogP contribution in [0.3, 0.4) is 0 Å². The van der Waals surface area contributed by atoms with Gasteiger partial charge in [-0.2, -0.15) is 5.10 Å². The first-order chi connectivity index (χ1) is 10.5. The van der Waals surface area contributed by atoms with Crippen LogP contribution in [0.5, 0.6) is 11.5 Å². The number of carbonyl (C=O) groups is 1. The number of carbonyl (C=O) groups excluding carboxylic acids is 1. The number of hydrogen-bond acceptors (Lipinski definition) is 6. The highest BCUT2D eigenvalue weighted by Crippen LogP contribution is 2.23. The molecule has 0 aliphatic carbocycles. The summed E-state index contributed by atoms with van der Waals surface area (Å²) >= 11 is 0. The number of rotatable bonds is 4. The van der Waals surface area contributed by atoms with Crippen LogP contribution in [-0.2, 0) is 0 Å². The third kappa shape index (κ3) is 3.57. The summed E-state index contributed by atoms with van der Waals surface area (Å²) in [5, 5.41) is 33.0. The Morgan fingerprint density at radius 2 is 1.86 bits per heavy atom. The van der Waals surface area contributed by atoms with Crippen LogP contribution < -0.4 is 5.43 Å². The fourth-order valence-electron chi connectivity index (χ4n) is 1.61. The lowest BCUT2D eigenvalue weighted by molar-refractivity contribution is -0.384. The fourth-order valence-corrected chi connectivity index (χ4v) is 1.61. The average Bonchev–Trinajstić information content (AvgIpc) is 2.49. The van der Waals surface area contributed by atoms with E-state index in [9.17, 15) is 20.0 Å². The van der Waals surface area contributed by atoms with E-state index in [4.69, 9.17) is 5.11 Å². The lowest BCUT2D eigenvalue weighted by Crippen LogP contribution is -2.17. The predicted molar refractivity (Wildman–Crippen MR) is 77.9 cm³/mol. The molecule has 0 aliphatic heterocycles. The first kappa shape index (κ1) is 15.0. The molecule has 0 saturated heterocycles. The minimum Gasteiger partial charge on any atom is -0.508 e. The summed E-state index contributed by atoms with van der Waals surface area (Å²) in [5.41, 5.74) is 2.39. The van der Waals surface area contributed by atoms with E-state index in [0.29, 0.717) is 5.56 Å². The largest absolute Gasteiger partial charge is 0.508 e. The maximum Gasteiger partial charge on any atom is 0.275 e. The summed E-state index contributed by atoms with van der Waals surface area (Å²) in [6.07, 6.45) is 1.35. The molecule has 112 valence electrons. The molecule has 1 amide bonds. The van der Waals surface area contributed by atoms with Crippen LogP contribution in [-0.4, -0.2) is 27.3 Å². The highest BCUT2D eigenvalue weighted by atomic mass is 16.6. The van der Waals surface area contributed by atoms with Crippen molar-refractivity contribution in [1.82, 2.24) is 5.43 Å². The number of phenolic OH excluding ortho intramolecular Hbond substituents is 2. The second-order valence-corrected chi connectivity index (χ2v) is 4.25. The smallest absolute Gasteiger partial charge is 0.275 e. The van der Waals surface area contributed by atoms with Crippen LogP contribution in [0.15, 0.2) is 47.6 Å². The minimum atomic E-state index is -0.706. The second kappa shape index (κ2) is 6.35. The Hall–Kier alpha value is -3.42. The van der Waals surface area contributed by atoms with Crippen LogP contribution in [0.4, 0.5) is 5.69 Å². The van der Waals surface area contributed by atoms with Gasteiger partial charge in [0.1, 0.15) is 11.5 Å². The van der Waals surface area contributed by atoms with Gasteiger partial charge in [-0.25, -0.2) is 5.43 Å². The van der Waals surface area contributed by atoms with Crippen LogP contribution in [0, 0.1) is 10.1 Å². The molecule has 2 rings (SSSR count). The summed E-state index contributed by atoms with van der Waals surface area (Å²) < 4.78 is 0. The van der Waals surface area contributed by atoms with Crippen molar-refractivity contribution < 1.29 is 19.9 Å². The zero-order valence-corrected chi connectivity index (χ0v) is 11.1. The van der Waals surface area contributed by atoms with Crippen molar-refractivity contribution in [1.29, 1.82) is 0 Å². The fraction of sp³-hybridized carbons (Fsp3) is 0. The van der Waals surface area contributed by atoms with Crippen molar-refractivity contribution in [3.8, 4) is 11.5 Å². The molecule has 2 aromatic rings. The zero-order chi connectivity index (χ0) is 16.1. The number of hydrazone groups is 1. The maximum absolute atomic E-state index is 11.8. The molecule has 0 aliphatic rings. The first-order valence-electron chi connectivity index (χ1n) is 6.07. The number of benzene rings is 2. The van der Waals surface area contributed by atoms with Crippen LogP contribution >= 0.6 is 0 Å². The summed E-state index contributed by atoms with van der Waals surface area (Å²) in [6, 6.07) is 9.25. The number of nitro groups is 1. The SMILES string of the molecule is O=C(N/N=C/c1ccc(O)cc1)c1ccc([N+](=O)[O-])cc1O. The average molecular weight is 301 g/mol. The van der Waals surface area contributed by atoms with Gasteiger partial charge in [0, 0.05) is 6.07 Å². The van der Waals surface area contributed by atoms with Gasteiger partial charge in [0.05, 0.1) is 22.8 Å². The van der Waals surface area contributed by atoms with Crippen LogP contribution in [0.1, 0.15) is 15.9 Å². The van der Waals surface area contributed by atoms with E-state index < -0.39 is 16.6 Å². The third-order valence-corrected chi connectivity index (χ3v) is 2.71. The Morgan fingerprint density at radius 1 is 1.18 bits per heavy atom. The zero-order valence-electron chi connectivity index (χ0n) is 11.1. The van der Waals surface area contributed by atoms with Crippen molar-refractivity contribution in [2.45, 2.75) is 0 Å². The van der Waals surface area contributed by atoms with Gasteiger partial charge in [-0.15, -0.1) is 0 Å². The van der Waals surface area contributed by atoms with E-state index in [0.717, 1.165) is 18.2 Å². The molecule has 0 saturated carbocycles. The quantitative estimate of drug-likeness (QED) is 0.451. The van der Waals surface area contributed by atoms with Gasteiger partial charge in [-0.1, -0.05) is 0 Å². The molecule has 8 heteroatoms. The minimum absolute atomic E-state index is 0.108. The van der Waals surface area contributed by atoms with E-state index in [2.05, 4.69) is 10.5 Å². The Bertz CT molecular complexity index is 741. The number of hydrogen-bond donors (Lipinski definition) is 3. The summed E-state index contributed by atoms with van der Waals surface area (Å²) in [5.74, 6) is -1.11. The van der Waals surface area contributed by atoms with Crippen LogP contribution in [0.25, 0.3) is 0 Å². The van der Waals surface area contributed by atoms with Crippen molar-refractivity contribution in [3.63, 3.8) is 0 Å². The van der Waals surface area contributed by atoms with Gasteiger partial charge in [-0.3, -0.25) is 14.9 Å². The lowest BCUT2D eigenvalue weighted by Gasteiger charge is -2.02. The van der Waals surface area contributed by atoms with E-state index in [1.807, 2.05) is 0 Å². The van der Waals surface area contributed by atoms with Crippen molar-refractivity contribution in [2.75, 3.05) is 0 Å². The Kier molecular flexibility index (Phi) is 4.33. The molecule has 0 unspecified atom stereocenters. The van der Waals surface area contributed by atoms with Crippen molar-refractivity contribution in [2.24, 2.45) is 5.10 Å². The Labute approximate surface area is 124 Å².